The molecule has 0 saturated heterocycles. The second-order valence-corrected chi connectivity index (χ2v) is 5.99. The first-order valence-corrected chi connectivity index (χ1v) is 8.04. The SMILES string of the molecule is COc1ccc(C(F)(F)F)cc1/C=C1\Cc2cc(OC)c(OC)cc2C1=O. The van der Waals surface area contributed by atoms with Crippen LogP contribution in [-0.2, 0) is 12.6 Å². The van der Waals surface area contributed by atoms with Gasteiger partial charge in [0, 0.05) is 23.1 Å². The minimum absolute atomic E-state index is 0.197. The van der Waals surface area contributed by atoms with Gasteiger partial charge in [-0.1, -0.05) is 0 Å². The quantitative estimate of drug-likeness (QED) is 0.732. The van der Waals surface area contributed by atoms with E-state index in [2.05, 4.69) is 0 Å². The maximum atomic E-state index is 13.0. The van der Waals surface area contributed by atoms with Crippen molar-refractivity contribution in [3.05, 3.63) is 58.2 Å². The number of carbonyl (C=O) groups excluding carboxylic acids is 1. The predicted octanol–water partition coefficient (Wildman–Crippen LogP) is 4.55. The summed E-state index contributed by atoms with van der Waals surface area (Å²) in [5.41, 5.74) is 0.946. The number of carbonyl (C=O) groups is 1. The van der Waals surface area contributed by atoms with Crippen molar-refractivity contribution in [2.45, 2.75) is 12.6 Å². The Morgan fingerprint density at radius 2 is 1.56 bits per heavy atom. The summed E-state index contributed by atoms with van der Waals surface area (Å²) in [4.78, 5) is 12.7. The minimum Gasteiger partial charge on any atom is -0.496 e. The number of methoxy groups -OCH3 is 3. The fourth-order valence-corrected chi connectivity index (χ4v) is 3.06. The number of benzene rings is 2. The molecular formula is C20H17F3O4. The molecular weight excluding hydrogens is 361 g/mol. The molecule has 0 spiro atoms. The molecule has 0 amide bonds. The number of allylic oxidation sites excluding steroid dienone is 1. The van der Waals surface area contributed by atoms with Gasteiger partial charge in [0.25, 0.3) is 0 Å². The van der Waals surface area contributed by atoms with Crippen LogP contribution in [0.5, 0.6) is 17.2 Å². The first-order valence-electron chi connectivity index (χ1n) is 8.04. The minimum atomic E-state index is -4.48. The first kappa shape index (κ1) is 18.8. The molecule has 7 heteroatoms. The molecule has 0 bridgehead atoms. The molecule has 3 rings (SSSR count). The van der Waals surface area contributed by atoms with Crippen molar-refractivity contribution in [3.8, 4) is 17.2 Å². The Morgan fingerprint density at radius 3 is 2.15 bits per heavy atom. The molecule has 0 radical (unpaired) electrons. The van der Waals surface area contributed by atoms with Crippen LogP contribution in [0.1, 0.15) is 27.0 Å². The van der Waals surface area contributed by atoms with Crippen LogP contribution in [0, 0.1) is 0 Å². The van der Waals surface area contributed by atoms with Gasteiger partial charge in [-0.15, -0.1) is 0 Å². The summed E-state index contributed by atoms with van der Waals surface area (Å²) in [5, 5.41) is 0. The molecule has 1 aliphatic rings. The van der Waals surface area contributed by atoms with Crippen LogP contribution in [0.15, 0.2) is 35.9 Å². The molecule has 0 N–H and O–H groups in total. The van der Waals surface area contributed by atoms with Gasteiger partial charge < -0.3 is 14.2 Å². The Bertz CT molecular complexity index is 930. The van der Waals surface area contributed by atoms with E-state index in [1.165, 1.54) is 33.5 Å². The third-order valence-electron chi connectivity index (χ3n) is 4.41. The van der Waals surface area contributed by atoms with Crippen molar-refractivity contribution in [1.29, 1.82) is 0 Å². The Labute approximate surface area is 154 Å². The van der Waals surface area contributed by atoms with Crippen molar-refractivity contribution in [1.82, 2.24) is 0 Å². The normalized spacial score (nSPS) is 15.0. The van der Waals surface area contributed by atoms with Crippen LogP contribution < -0.4 is 14.2 Å². The lowest BCUT2D eigenvalue weighted by molar-refractivity contribution is -0.137. The largest absolute Gasteiger partial charge is 0.496 e. The lowest BCUT2D eigenvalue weighted by atomic mass is 10.0. The van der Waals surface area contributed by atoms with Gasteiger partial charge in [0.2, 0.25) is 0 Å². The third kappa shape index (κ3) is 3.49. The zero-order chi connectivity index (χ0) is 19.8. The van der Waals surface area contributed by atoms with Crippen molar-refractivity contribution in [3.63, 3.8) is 0 Å². The Balaban J connectivity index is 2.05. The average molecular weight is 378 g/mol. The van der Waals surface area contributed by atoms with Crippen molar-refractivity contribution >= 4 is 11.9 Å². The Morgan fingerprint density at radius 1 is 0.926 bits per heavy atom. The maximum absolute atomic E-state index is 13.0. The number of Topliss-reactive ketones (excluding diaryl/α,β-unsaturated/α-hetero) is 1. The number of fused-ring (bicyclic) bond motifs is 1. The number of ether oxygens (including phenoxy) is 3. The molecule has 2 aromatic rings. The fraction of sp³-hybridized carbons (Fsp3) is 0.250. The lowest BCUT2D eigenvalue weighted by Crippen LogP contribution is -2.05. The molecule has 142 valence electrons. The fourth-order valence-electron chi connectivity index (χ4n) is 3.06. The van der Waals surface area contributed by atoms with Gasteiger partial charge in [-0.25, -0.2) is 0 Å². The van der Waals surface area contributed by atoms with E-state index in [4.69, 9.17) is 14.2 Å². The van der Waals surface area contributed by atoms with E-state index in [9.17, 15) is 18.0 Å². The van der Waals surface area contributed by atoms with Crippen LogP contribution in [0.25, 0.3) is 6.08 Å². The summed E-state index contributed by atoms with van der Waals surface area (Å²) >= 11 is 0. The summed E-state index contributed by atoms with van der Waals surface area (Å²) in [6, 6.07) is 6.45. The number of halogens is 3. The highest BCUT2D eigenvalue weighted by Gasteiger charge is 2.32. The monoisotopic (exact) mass is 378 g/mol. The van der Waals surface area contributed by atoms with Gasteiger partial charge in [-0.2, -0.15) is 13.2 Å². The van der Waals surface area contributed by atoms with E-state index in [0.29, 0.717) is 22.6 Å². The Kier molecular flexibility index (Phi) is 4.87. The van der Waals surface area contributed by atoms with E-state index >= 15 is 0 Å². The Hall–Kier alpha value is -2.96. The molecule has 4 nitrogen and oxygen atoms in total. The zero-order valence-corrected chi connectivity index (χ0v) is 14.9. The zero-order valence-electron chi connectivity index (χ0n) is 14.9. The maximum Gasteiger partial charge on any atom is 0.416 e. The van der Waals surface area contributed by atoms with E-state index < -0.39 is 11.7 Å². The van der Waals surface area contributed by atoms with E-state index in [0.717, 1.165) is 17.7 Å². The number of hydrogen-bond acceptors (Lipinski definition) is 4. The molecule has 0 aromatic heterocycles. The second kappa shape index (κ2) is 6.98. The lowest BCUT2D eigenvalue weighted by Gasteiger charge is -2.11. The number of hydrogen-bond donors (Lipinski definition) is 0. The van der Waals surface area contributed by atoms with Crippen LogP contribution in [0.2, 0.25) is 0 Å². The molecule has 27 heavy (non-hydrogen) atoms. The third-order valence-corrected chi connectivity index (χ3v) is 4.41. The molecule has 2 aromatic carbocycles. The van der Waals surface area contributed by atoms with Crippen LogP contribution in [-0.4, -0.2) is 27.1 Å². The van der Waals surface area contributed by atoms with Gasteiger partial charge in [-0.05, 0) is 42.0 Å². The predicted molar refractivity (Wildman–Crippen MR) is 93.6 cm³/mol. The van der Waals surface area contributed by atoms with Crippen molar-refractivity contribution < 1.29 is 32.2 Å². The van der Waals surface area contributed by atoms with Crippen LogP contribution >= 0.6 is 0 Å². The van der Waals surface area contributed by atoms with Gasteiger partial charge in [0.05, 0.1) is 26.9 Å². The number of rotatable bonds is 4. The van der Waals surface area contributed by atoms with Crippen LogP contribution in [0.3, 0.4) is 0 Å². The summed E-state index contributed by atoms with van der Waals surface area (Å²) in [6.45, 7) is 0. The van der Waals surface area contributed by atoms with Crippen molar-refractivity contribution in [2.75, 3.05) is 21.3 Å². The van der Waals surface area contributed by atoms with E-state index in [1.807, 2.05) is 0 Å². The highest BCUT2D eigenvalue weighted by atomic mass is 19.4. The van der Waals surface area contributed by atoms with Crippen molar-refractivity contribution in [2.24, 2.45) is 0 Å². The van der Waals surface area contributed by atoms with Crippen LogP contribution in [0.4, 0.5) is 13.2 Å². The van der Waals surface area contributed by atoms with Gasteiger partial charge in [-0.3, -0.25) is 4.79 Å². The first-order chi connectivity index (χ1) is 12.8. The summed E-state index contributed by atoms with van der Waals surface area (Å²) in [7, 11) is 4.32. The molecule has 0 aliphatic heterocycles. The molecule has 0 unspecified atom stereocenters. The molecule has 0 atom stereocenters. The summed E-state index contributed by atoms with van der Waals surface area (Å²) < 4.78 is 54.7. The van der Waals surface area contributed by atoms with E-state index in [-0.39, 0.29) is 23.5 Å². The molecule has 0 fully saturated rings. The van der Waals surface area contributed by atoms with Gasteiger partial charge in [0.15, 0.2) is 17.3 Å². The average Bonchev–Trinajstić information content (AvgIpc) is 2.94. The number of ketones is 1. The molecule has 0 heterocycles. The highest BCUT2D eigenvalue weighted by molar-refractivity contribution is 6.16. The van der Waals surface area contributed by atoms with Gasteiger partial charge in [0.1, 0.15) is 5.75 Å². The number of alkyl halides is 3. The standard InChI is InChI=1S/C20H17F3O4/c1-25-16-5-4-14(20(21,22)23)8-12(16)7-13-6-11-9-17(26-2)18(27-3)10-15(11)19(13)24/h4-5,7-10H,6H2,1-3H3/b13-7+. The van der Waals surface area contributed by atoms with E-state index in [1.54, 1.807) is 12.1 Å². The second-order valence-electron chi connectivity index (χ2n) is 5.99. The molecule has 0 saturated carbocycles. The summed E-state index contributed by atoms with van der Waals surface area (Å²) in [5.74, 6) is 0.907. The van der Waals surface area contributed by atoms with Gasteiger partial charge >= 0.3 is 6.18 Å². The highest BCUT2D eigenvalue weighted by Crippen LogP contribution is 2.38. The topological polar surface area (TPSA) is 44.8 Å². The molecule has 1 aliphatic carbocycles. The summed E-state index contributed by atoms with van der Waals surface area (Å²) in [6.07, 6.45) is -2.76. The smallest absolute Gasteiger partial charge is 0.416 e.